The predicted octanol–water partition coefficient (Wildman–Crippen LogP) is 2.01. The molecule has 1 N–H and O–H groups in total. The van der Waals surface area contributed by atoms with E-state index in [2.05, 4.69) is 5.32 Å². The van der Waals surface area contributed by atoms with Gasteiger partial charge in [0.1, 0.15) is 12.1 Å². The van der Waals surface area contributed by atoms with Gasteiger partial charge in [0, 0.05) is 43.6 Å². The summed E-state index contributed by atoms with van der Waals surface area (Å²) in [6.07, 6.45) is 3.38. The molecule has 0 saturated carbocycles. The summed E-state index contributed by atoms with van der Waals surface area (Å²) in [4.78, 5) is 25.1. The Kier molecular flexibility index (Phi) is 5.90. The lowest BCUT2D eigenvalue weighted by Crippen LogP contribution is -2.30. The highest BCUT2D eigenvalue weighted by molar-refractivity contribution is 7.89. The molecule has 0 fully saturated rings. The molecule has 0 unspecified atom stereocenters. The molecule has 1 aromatic carbocycles. The highest BCUT2D eigenvalue weighted by Crippen LogP contribution is 2.18. The summed E-state index contributed by atoms with van der Waals surface area (Å²) >= 11 is 0. The lowest BCUT2D eigenvalue weighted by Gasteiger charge is -2.18. The van der Waals surface area contributed by atoms with E-state index >= 15 is 0 Å². The fourth-order valence-corrected chi connectivity index (χ4v) is 4.69. The molecule has 2 heterocycles. The maximum Gasteiger partial charge on any atom is 0.275 e. The van der Waals surface area contributed by atoms with Crippen LogP contribution in [0.15, 0.2) is 58.5 Å². The highest BCUT2D eigenvalue weighted by atomic mass is 32.2. The molecule has 3 aromatic rings. The van der Waals surface area contributed by atoms with Gasteiger partial charge >= 0.3 is 0 Å². The van der Waals surface area contributed by atoms with Gasteiger partial charge in [0.2, 0.25) is 15.9 Å². The van der Waals surface area contributed by atoms with Gasteiger partial charge in [0.25, 0.3) is 5.56 Å². The Morgan fingerprint density at radius 2 is 1.66 bits per heavy atom. The van der Waals surface area contributed by atoms with Crippen LogP contribution in [0.1, 0.15) is 13.8 Å². The van der Waals surface area contributed by atoms with E-state index in [1.807, 2.05) is 6.07 Å². The molecular weight excluding hydrogens is 392 g/mol. The Hall–Kier alpha value is -2.91. The van der Waals surface area contributed by atoms with Gasteiger partial charge in [-0.2, -0.15) is 4.31 Å². The maximum absolute atomic E-state index is 12.6. The van der Waals surface area contributed by atoms with Crippen molar-refractivity contribution in [1.29, 1.82) is 0 Å². The van der Waals surface area contributed by atoms with Crippen LogP contribution in [0.4, 0.5) is 5.69 Å². The van der Waals surface area contributed by atoms with Crippen molar-refractivity contribution in [1.82, 2.24) is 13.4 Å². The Labute approximate surface area is 169 Å². The van der Waals surface area contributed by atoms with Crippen LogP contribution in [0.3, 0.4) is 0 Å². The average molecular weight is 417 g/mol. The van der Waals surface area contributed by atoms with Gasteiger partial charge in [-0.3, -0.25) is 9.59 Å². The number of hydrogen-bond donors (Lipinski definition) is 1. The van der Waals surface area contributed by atoms with E-state index in [1.165, 1.54) is 33.1 Å². The minimum atomic E-state index is -3.55. The van der Waals surface area contributed by atoms with E-state index in [9.17, 15) is 18.0 Å². The van der Waals surface area contributed by atoms with Crippen molar-refractivity contribution in [2.24, 2.45) is 7.05 Å². The van der Waals surface area contributed by atoms with Gasteiger partial charge in [0.05, 0.1) is 4.90 Å². The van der Waals surface area contributed by atoms with Crippen LogP contribution < -0.4 is 10.9 Å². The molecule has 9 heteroatoms. The van der Waals surface area contributed by atoms with Crippen molar-refractivity contribution in [2.45, 2.75) is 25.3 Å². The molecule has 2 aromatic heterocycles. The van der Waals surface area contributed by atoms with Gasteiger partial charge < -0.3 is 14.5 Å². The first-order chi connectivity index (χ1) is 13.8. The first-order valence-electron chi connectivity index (χ1n) is 9.32. The smallest absolute Gasteiger partial charge is 0.275 e. The summed E-state index contributed by atoms with van der Waals surface area (Å²) < 4.78 is 29.5. The number of rotatable bonds is 7. The van der Waals surface area contributed by atoms with Crippen LogP contribution in [0.25, 0.3) is 10.9 Å². The second kappa shape index (κ2) is 8.22. The van der Waals surface area contributed by atoms with Gasteiger partial charge in [0.15, 0.2) is 0 Å². The van der Waals surface area contributed by atoms with Gasteiger partial charge in [-0.1, -0.05) is 13.8 Å². The monoisotopic (exact) mass is 416 g/mol. The standard InChI is InChI=1S/C20H24N4O4S/c1-4-24(5-2)29(27,28)17-8-6-16(7-9-17)21-18(25)14-23-13-11-15-10-12-22(3)19(15)20(23)26/h6-13H,4-5,14H2,1-3H3,(H,21,25). The number of amides is 1. The first kappa shape index (κ1) is 20.8. The number of sulfonamides is 1. The van der Waals surface area contributed by atoms with Crippen molar-refractivity contribution in [3.05, 3.63) is 59.1 Å². The number of pyridine rings is 1. The largest absolute Gasteiger partial charge is 0.346 e. The van der Waals surface area contributed by atoms with Crippen molar-refractivity contribution < 1.29 is 13.2 Å². The summed E-state index contributed by atoms with van der Waals surface area (Å²) in [5.41, 5.74) is 0.749. The Bertz CT molecular complexity index is 1190. The highest BCUT2D eigenvalue weighted by Gasteiger charge is 2.21. The number of nitrogens with one attached hydrogen (secondary N) is 1. The minimum absolute atomic E-state index is 0.139. The Balaban J connectivity index is 1.74. The van der Waals surface area contributed by atoms with E-state index in [-0.39, 0.29) is 22.9 Å². The molecule has 3 rings (SSSR count). The molecule has 0 spiro atoms. The normalized spacial score (nSPS) is 11.9. The van der Waals surface area contributed by atoms with Crippen LogP contribution in [-0.2, 0) is 28.4 Å². The number of hydrogen-bond acceptors (Lipinski definition) is 4. The van der Waals surface area contributed by atoms with E-state index < -0.39 is 10.0 Å². The minimum Gasteiger partial charge on any atom is -0.346 e. The zero-order valence-electron chi connectivity index (χ0n) is 16.6. The summed E-state index contributed by atoms with van der Waals surface area (Å²) in [5, 5.41) is 3.51. The number of aryl methyl sites for hydroxylation is 1. The van der Waals surface area contributed by atoms with Crippen LogP contribution in [0.5, 0.6) is 0 Å². The van der Waals surface area contributed by atoms with Gasteiger partial charge in [-0.25, -0.2) is 8.42 Å². The molecule has 154 valence electrons. The zero-order valence-corrected chi connectivity index (χ0v) is 17.4. The second-order valence-electron chi connectivity index (χ2n) is 6.64. The molecule has 1 amide bonds. The second-order valence-corrected chi connectivity index (χ2v) is 8.58. The molecule has 0 aliphatic rings. The van der Waals surface area contributed by atoms with E-state index in [0.29, 0.717) is 24.3 Å². The first-order valence-corrected chi connectivity index (χ1v) is 10.8. The van der Waals surface area contributed by atoms with Crippen molar-refractivity contribution in [3.8, 4) is 0 Å². The predicted molar refractivity (Wildman–Crippen MR) is 112 cm³/mol. The molecular formula is C20H24N4O4S. The number of nitrogens with zero attached hydrogens (tertiary/aromatic N) is 3. The van der Waals surface area contributed by atoms with Crippen LogP contribution in [0.2, 0.25) is 0 Å². The van der Waals surface area contributed by atoms with Crippen molar-refractivity contribution >= 4 is 32.5 Å². The summed E-state index contributed by atoms with van der Waals surface area (Å²) in [6, 6.07) is 9.64. The third-order valence-corrected chi connectivity index (χ3v) is 6.86. The van der Waals surface area contributed by atoms with Gasteiger partial charge in [-0.15, -0.1) is 0 Å². The summed E-state index contributed by atoms with van der Waals surface area (Å²) in [5.74, 6) is -0.375. The zero-order chi connectivity index (χ0) is 21.2. The third kappa shape index (κ3) is 4.10. The third-order valence-electron chi connectivity index (χ3n) is 4.80. The maximum atomic E-state index is 12.6. The number of carbonyl (C=O) groups is 1. The number of carbonyl (C=O) groups excluding carboxylic acids is 1. The SMILES string of the molecule is CCN(CC)S(=O)(=O)c1ccc(NC(=O)Cn2ccc3ccn(C)c3c2=O)cc1. The fraction of sp³-hybridized carbons (Fsp3) is 0.300. The number of aromatic nitrogens is 2. The van der Waals surface area contributed by atoms with Gasteiger partial charge in [-0.05, 0) is 36.4 Å². The topological polar surface area (TPSA) is 93.4 Å². The molecule has 8 nitrogen and oxygen atoms in total. The lowest BCUT2D eigenvalue weighted by atomic mass is 10.3. The molecule has 0 aliphatic carbocycles. The van der Waals surface area contributed by atoms with Crippen molar-refractivity contribution in [2.75, 3.05) is 18.4 Å². The van der Waals surface area contributed by atoms with E-state index in [0.717, 1.165) is 5.39 Å². The molecule has 0 aliphatic heterocycles. The number of anilines is 1. The summed E-state index contributed by atoms with van der Waals surface area (Å²) in [7, 11) is -1.77. The number of fused-ring (bicyclic) bond motifs is 1. The van der Waals surface area contributed by atoms with Crippen LogP contribution in [-0.4, -0.2) is 40.9 Å². The van der Waals surface area contributed by atoms with Crippen molar-refractivity contribution in [3.63, 3.8) is 0 Å². The Morgan fingerprint density at radius 3 is 2.28 bits per heavy atom. The lowest BCUT2D eigenvalue weighted by molar-refractivity contribution is -0.116. The molecule has 0 saturated heterocycles. The quantitative estimate of drug-likeness (QED) is 0.638. The van der Waals surface area contributed by atoms with E-state index in [4.69, 9.17) is 0 Å². The number of benzene rings is 1. The molecule has 0 radical (unpaired) electrons. The fourth-order valence-electron chi connectivity index (χ4n) is 3.23. The molecule has 0 atom stereocenters. The average Bonchev–Trinajstić information content (AvgIpc) is 3.07. The summed E-state index contributed by atoms with van der Waals surface area (Å²) in [6.45, 7) is 4.20. The van der Waals surface area contributed by atoms with Crippen LogP contribution >= 0.6 is 0 Å². The van der Waals surface area contributed by atoms with E-state index in [1.54, 1.807) is 43.9 Å². The van der Waals surface area contributed by atoms with Crippen LogP contribution in [0, 0.1) is 0 Å². The molecule has 0 bridgehead atoms. The Morgan fingerprint density at radius 1 is 1.03 bits per heavy atom. The molecule has 29 heavy (non-hydrogen) atoms.